The number of ether oxygens (including phenoxy) is 2. The number of fused-ring (bicyclic) bond motifs is 1. The predicted octanol–water partition coefficient (Wildman–Crippen LogP) is 4.85. The molecule has 1 N–H and O–H groups in total. The molecule has 3 aromatic rings. The maximum absolute atomic E-state index is 11.3. The third-order valence-corrected chi connectivity index (χ3v) is 3.91. The van der Waals surface area contributed by atoms with Crippen LogP contribution in [-0.4, -0.2) is 12.3 Å². The molecule has 0 amide bonds. The molecule has 5 nitrogen and oxygen atoms in total. The van der Waals surface area contributed by atoms with Crippen molar-refractivity contribution in [1.29, 1.82) is 0 Å². The zero-order valence-corrected chi connectivity index (χ0v) is 13.8. The second kappa shape index (κ2) is 7.11. The van der Waals surface area contributed by atoms with Crippen LogP contribution in [-0.2, 0) is 9.53 Å². The molecular formula is C21H16N2O3. The molecule has 1 unspecified atom stereocenters. The Kier molecular flexibility index (Phi) is 4.35. The van der Waals surface area contributed by atoms with Crippen molar-refractivity contribution in [2.45, 2.75) is 6.10 Å². The molecule has 1 atom stereocenters. The number of aliphatic imine (C=N–C) groups is 1. The minimum absolute atomic E-state index is 0.289. The summed E-state index contributed by atoms with van der Waals surface area (Å²) in [6, 6.07) is 24.7. The normalized spacial score (nSPS) is 15.2. The van der Waals surface area contributed by atoms with Gasteiger partial charge in [0, 0.05) is 11.3 Å². The van der Waals surface area contributed by atoms with E-state index in [1.165, 1.54) is 0 Å². The smallest absolute Gasteiger partial charge is 0.295 e. The number of anilines is 1. The Morgan fingerprint density at radius 1 is 0.885 bits per heavy atom. The lowest BCUT2D eigenvalue weighted by Gasteiger charge is -2.22. The van der Waals surface area contributed by atoms with E-state index in [2.05, 4.69) is 10.3 Å². The van der Waals surface area contributed by atoms with Crippen LogP contribution in [0.1, 0.15) is 11.7 Å². The van der Waals surface area contributed by atoms with Crippen LogP contribution in [0.15, 0.2) is 83.9 Å². The summed E-state index contributed by atoms with van der Waals surface area (Å²) in [7, 11) is 0. The van der Waals surface area contributed by atoms with E-state index >= 15 is 0 Å². The zero-order valence-electron chi connectivity index (χ0n) is 13.8. The summed E-state index contributed by atoms with van der Waals surface area (Å²) >= 11 is 0. The number of carbonyl (C=O) groups excluding carboxylic acids is 1. The molecule has 128 valence electrons. The minimum Gasteiger partial charge on any atom is -0.457 e. The van der Waals surface area contributed by atoms with E-state index in [0.29, 0.717) is 0 Å². The summed E-state index contributed by atoms with van der Waals surface area (Å²) in [4.78, 5) is 15.7. The van der Waals surface area contributed by atoms with E-state index in [9.17, 15) is 4.79 Å². The minimum atomic E-state index is -0.660. The van der Waals surface area contributed by atoms with Crippen LogP contribution in [0.3, 0.4) is 0 Å². The van der Waals surface area contributed by atoms with Gasteiger partial charge < -0.3 is 14.8 Å². The first-order chi connectivity index (χ1) is 12.8. The molecule has 0 aromatic heterocycles. The molecule has 26 heavy (non-hydrogen) atoms. The Morgan fingerprint density at radius 3 is 2.35 bits per heavy atom. The van der Waals surface area contributed by atoms with Crippen LogP contribution >= 0.6 is 0 Å². The molecule has 0 spiro atoms. The SMILES string of the molecule is O=CC1OC(Nc2ccc(Oc3ccccc3)cc2)=Nc2ccccc21. The van der Waals surface area contributed by atoms with Crippen molar-refractivity contribution in [3.63, 3.8) is 0 Å². The first-order valence-electron chi connectivity index (χ1n) is 8.21. The molecule has 4 rings (SSSR count). The number of aldehydes is 1. The van der Waals surface area contributed by atoms with Crippen molar-refractivity contribution in [3.05, 3.63) is 84.4 Å². The molecule has 5 heteroatoms. The van der Waals surface area contributed by atoms with Gasteiger partial charge in [0.25, 0.3) is 6.02 Å². The van der Waals surface area contributed by atoms with E-state index in [1.54, 1.807) is 0 Å². The van der Waals surface area contributed by atoms with Gasteiger partial charge >= 0.3 is 0 Å². The Hall–Kier alpha value is -3.60. The highest BCUT2D eigenvalue weighted by Gasteiger charge is 2.23. The van der Waals surface area contributed by atoms with Crippen LogP contribution in [0, 0.1) is 0 Å². The molecule has 0 saturated heterocycles. The number of benzene rings is 3. The summed E-state index contributed by atoms with van der Waals surface area (Å²) in [6.07, 6.45) is 0.110. The predicted molar refractivity (Wildman–Crippen MR) is 100 cm³/mol. The van der Waals surface area contributed by atoms with E-state index in [-0.39, 0.29) is 6.02 Å². The third-order valence-electron chi connectivity index (χ3n) is 3.91. The molecule has 0 fully saturated rings. The van der Waals surface area contributed by atoms with Gasteiger partial charge in [-0.1, -0.05) is 36.4 Å². The van der Waals surface area contributed by atoms with Crippen LogP contribution in [0.2, 0.25) is 0 Å². The van der Waals surface area contributed by atoms with Crippen LogP contribution in [0.4, 0.5) is 11.4 Å². The quantitative estimate of drug-likeness (QED) is 0.688. The molecule has 1 heterocycles. The lowest BCUT2D eigenvalue weighted by Crippen LogP contribution is -2.23. The maximum atomic E-state index is 11.3. The number of carbonyl (C=O) groups is 1. The second-order valence-electron chi connectivity index (χ2n) is 5.71. The van der Waals surface area contributed by atoms with Gasteiger partial charge in [-0.2, -0.15) is 4.99 Å². The Morgan fingerprint density at radius 2 is 1.58 bits per heavy atom. The van der Waals surface area contributed by atoms with Gasteiger partial charge in [0.05, 0.1) is 5.69 Å². The summed E-state index contributed by atoms with van der Waals surface area (Å²) in [5.74, 6) is 1.50. The van der Waals surface area contributed by atoms with Crippen molar-refractivity contribution >= 4 is 23.7 Å². The fourth-order valence-electron chi connectivity index (χ4n) is 2.66. The molecule has 1 aliphatic rings. The maximum Gasteiger partial charge on any atom is 0.295 e. The van der Waals surface area contributed by atoms with Gasteiger partial charge in [-0.15, -0.1) is 0 Å². The second-order valence-corrected chi connectivity index (χ2v) is 5.71. The zero-order chi connectivity index (χ0) is 17.8. The number of rotatable bonds is 4. The third kappa shape index (κ3) is 3.42. The summed E-state index contributed by atoms with van der Waals surface area (Å²) in [5, 5.41) is 3.09. The van der Waals surface area contributed by atoms with Gasteiger partial charge in [-0.25, -0.2) is 0 Å². The van der Waals surface area contributed by atoms with Gasteiger partial charge in [0.15, 0.2) is 12.4 Å². The molecule has 0 aliphatic carbocycles. The van der Waals surface area contributed by atoms with Crippen molar-refractivity contribution in [2.75, 3.05) is 5.32 Å². The summed E-state index contributed by atoms with van der Waals surface area (Å²) in [6.45, 7) is 0. The molecular weight excluding hydrogens is 328 g/mol. The van der Waals surface area contributed by atoms with Crippen LogP contribution in [0.5, 0.6) is 11.5 Å². The first-order valence-corrected chi connectivity index (χ1v) is 8.21. The molecule has 1 aliphatic heterocycles. The standard InChI is InChI=1S/C21H16N2O3/c24-14-20-18-8-4-5-9-19(18)23-21(26-20)22-15-10-12-17(13-11-15)25-16-6-2-1-3-7-16/h1-14,20H,(H,22,23). The summed E-state index contributed by atoms with van der Waals surface area (Å²) < 4.78 is 11.4. The summed E-state index contributed by atoms with van der Waals surface area (Å²) in [5.41, 5.74) is 2.27. The van der Waals surface area contributed by atoms with E-state index in [1.807, 2.05) is 78.9 Å². The number of hydrogen-bond acceptors (Lipinski definition) is 5. The molecule has 3 aromatic carbocycles. The van der Waals surface area contributed by atoms with Gasteiger partial charge in [-0.05, 0) is 42.5 Å². The molecule has 0 radical (unpaired) electrons. The topological polar surface area (TPSA) is 59.9 Å². The highest BCUT2D eigenvalue weighted by molar-refractivity contribution is 5.94. The van der Waals surface area contributed by atoms with Crippen molar-refractivity contribution in [2.24, 2.45) is 4.99 Å². The molecule has 0 bridgehead atoms. The van der Waals surface area contributed by atoms with E-state index in [4.69, 9.17) is 9.47 Å². The first kappa shape index (κ1) is 15.9. The Balaban J connectivity index is 1.49. The monoisotopic (exact) mass is 344 g/mol. The highest BCUT2D eigenvalue weighted by atomic mass is 16.5. The number of nitrogens with one attached hydrogen (secondary N) is 1. The number of nitrogens with zero attached hydrogens (tertiary/aromatic N) is 1. The van der Waals surface area contributed by atoms with Crippen molar-refractivity contribution in [1.82, 2.24) is 0 Å². The van der Waals surface area contributed by atoms with Crippen molar-refractivity contribution < 1.29 is 14.3 Å². The van der Waals surface area contributed by atoms with Crippen molar-refractivity contribution in [3.8, 4) is 11.5 Å². The van der Waals surface area contributed by atoms with Gasteiger partial charge in [0.2, 0.25) is 0 Å². The average molecular weight is 344 g/mol. The Labute approximate surface area is 150 Å². The van der Waals surface area contributed by atoms with Crippen LogP contribution in [0.25, 0.3) is 0 Å². The van der Waals surface area contributed by atoms with E-state index in [0.717, 1.165) is 34.7 Å². The van der Waals surface area contributed by atoms with Crippen LogP contribution < -0.4 is 10.1 Å². The average Bonchev–Trinajstić information content (AvgIpc) is 2.69. The van der Waals surface area contributed by atoms with Gasteiger partial charge in [-0.3, -0.25) is 4.79 Å². The fourth-order valence-corrected chi connectivity index (χ4v) is 2.66. The fraction of sp³-hybridized carbons (Fsp3) is 0.0476. The number of amidine groups is 1. The Bertz CT molecular complexity index is 937. The number of para-hydroxylation sites is 2. The largest absolute Gasteiger partial charge is 0.457 e. The molecule has 0 saturated carbocycles. The highest BCUT2D eigenvalue weighted by Crippen LogP contribution is 2.32. The lowest BCUT2D eigenvalue weighted by molar-refractivity contribution is -0.114. The number of hydrogen-bond donors (Lipinski definition) is 1. The van der Waals surface area contributed by atoms with E-state index < -0.39 is 6.10 Å². The van der Waals surface area contributed by atoms with Gasteiger partial charge in [0.1, 0.15) is 11.5 Å². The lowest BCUT2D eigenvalue weighted by atomic mass is 10.1.